The Kier molecular flexibility index (Phi) is 6.61. The Morgan fingerprint density at radius 1 is 1.17 bits per heavy atom. The molecule has 0 aromatic heterocycles. The number of hydrogen-bond acceptors (Lipinski definition) is 2. The second-order valence-corrected chi connectivity index (χ2v) is 5.61. The standard InChI is InChI=1S/C19H23FN2O2/c1-3-4-11-24-17-9-10-18(14(2)12-17)22-19(23)21-13-15-5-7-16(20)8-6-15/h5-10,12H,3-4,11,13H2,1-2H3,(H2,21,22,23). The zero-order valence-electron chi connectivity index (χ0n) is 14.1. The van der Waals surface area contributed by atoms with Crippen molar-refractivity contribution in [2.75, 3.05) is 11.9 Å². The van der Waals surface area contributed by atoms with Gasteiger partial charge in [-0.3, -0.25) is 0 Å². The van der Waals surface area contributed by atoms with Gasteiger partial charge in [-0.2, -0.15) is 0 Å². The monoisotopic (exact) mass is 330 g/mol. The summed E-state index contributed by atoms with van der Waals surface area (Å²) in [6, 6.07) is 11.3. The summed E-state index contributed by atoms with van der Waals surface area (Å²) in [5.74, 6) is 0.512. The maximum atomic E-state index is 12.8. The third-order valence-electron chi connectivity index (χ3n) is 3.58. The number of hydrogen-bond donors (Lipinski definition) is 2. The van der Waals surface area contributed by atoms with Crippen molar-refractivity contribution in [3.63, 3.8) is 0 Å². The van der Waals surface area contributed by atoms with Gasteiger partial charge in [0, 0.05) is 12.2 Å². The Bertz CT molecular complexity index is 672. The molecular weight excluding hydrogens is 307 g/mol. The molecule has 0 atom stereocenters. The van der Waals surface area contributed by atoms with E-state index in [2.05, 4.69) is 17.6 Å². The summed E-state index contributed by atoms with van der Waals surface area (Å²) >= 11 is 0. The van der Waals surface area contributed by atoms with Crippen LogP contribution in [0.1, 0.15) is 30.9 Å². The van der Waals surface area contributed by atoms with E-state index in [1.165, 1.54) is 12.1 Å². The molecule has 2 aromatic carbocycles. The van der Waals surface area contributed by atoms with Crippen molar-refractivity contribution in [3.05, 3.63) is 59.4 Å². The van der Waals surface area contributed by atoms with Gasteiger partial charge in [-0.05, 0) is 54.8 Å². The second kappa shape index (κ2) is 8.91. The number of ether oxygens (including phenoxy) is 1. The Hall–Kier alpha value is -2.56. The van der Waals surface area contributed by atoms with Crippen LogP contribution in [0.15, 0.2) is 42.5 Å². The predicted molar refractivity (Wildman–Crippen MR) is 93.8 cm³/mol. The lowest BCUT2D eigenvalue weighted by Crippen LogP contribution is -2.28. The third kappa shape index (κ3) is 5.57. The summed E-state index contributed by atoms with van der Waals surface area (Å²) in [6.45, 7) is 5.07. The van der Waals surface area contributed by atoms with Crippen LogP contribution in [-0.2, 0) is 6.54 Å². The molecule has 2 N–H and O–H groups in total. The van der Waals surface area contributed by atoms with E-state index in [0.717, 1.165) is 35.4 Å². The largest absolute Gasteiger partial charge is 0.494 e. The number of nitrogens with one attached hydrogen (secondary N) is 2. The van der Waals surface area contributed by atoms with Crippen LogP contribution in [0, 0.1) is 12.7 Å². The van der Waals surface area contributed by atoms with Gasteiger partial charge in [-0.25, -0.2) is 9.18 Å². The molecule has 0 spiro atoms. The summed E-state index contributed by atoms with van der Waals surface area (Å²) < 4.78 is 18.5. The number of anilines is 1. The summed E-state index contributed by atoms with van der Waals surface area (Å²) in [5.41, 5.74) is 2.50. The van der Waals surface area contributed by atoms with Crippen LogP contribution in [0.4, 0.5) is 14.9 Å². The highest BCUT2D eigenvalue weighted by Gasteiger charge is 2.06. The summed E-state index contributed by atoms with van der Waals surface area (Å²) in [4.78, 5) is 12.0. The minimum absolute atomic E-state index is 0.292. The fraction of sp³-hybridized carbons (Fsp3) is 0.316. The molecule has 5 heteroatoms. The molecular formula is C19H23FN2O2. The molecule has 0 fully saturated rings. The van der Waals surface area contributed by atoms with Gasteiger partial charge in [0.2, 0.25) is 0 Å². The number of unbranched alkanes of at least 4 members (excludes halogenated alkanes) is 1. The topological polar surface area (TPSA) is 50.4 Å². The molecule has 0 saturated carbocycles. The highest BCUT2D eigenvalue weighted by Crippen LogP contribution is 2.21. The number of amides is 2. The van der Waals surface area contributed by atoms with E-state index < -0.39 is 0 Å². The van der Waals surface area contributed by atoms with E-state index in [0.29, 0.717) is 13.2 Å². The van der Waals surface area contributed by atoms with E-state index in [-0.39, 0.29) is 11.8 Å². The van der Waals surface area contributed by atoms with Crippen molar-refractivity contribution in [1.82, 2.24) is 5.32 Å². The molecule has 4 nitrogen and oxygen atoms in total. The predicted octanol–water partition coefficient (Wildman–Crippen LogP) is 4.63. The Balaban J connectivity index is 1.85. The highest BCUT2D eigenvalue weighted by atomic mass is 19.1. The number of aryl methyl sites for hydroxylation is 1. The zero-order valence-corrected chi connectivity index (χ0v) is 14.1. The third-order valence-corrected chi connectivity index (χ3v) is 3.58. The first-order valence-corrected chi connectivity index (χ1v) is 8.11. The smallest absolute Gasteiger partial charge is 0.319 e. The van der Waals surface area contributed by atoms with Gasteiger partial charge in [-0.1, -0.05) is 25.5 Å². The van der Waals surface area contributed by atoms with Crippen molar-refractivity contribution >= 4 is 11.7 Å². The first-order chi connectivity index (χ1) is 11.6. The van der Waals surface area contributed by atoms with Gasteiger partial charge in [0.25, 0.3) is 0 Å². The van der Waals surface area contributed by atoms with E-state index in [1.807, 2.05) is 25.1 Å². The molecule has 0 radical (unpaired) electrons. The van der Waals surface area contributed by atoms with E-state index >= 15 is 0 Å². The lowest BCUT2D eigenvalue weighted by molar-refractivity contribution is 0.251. The Labute approximate surface area is 142 Å². The molecule has 0 unspecified atom stereocenters. The van der Waals surface area contributed by atoms with Gasteiger partial charge >= 0.3 is 6.03 Å². The first-order valence-electron chi connectivity index (χ1n) is 8.11. The van der Waals surface area contributed by atoms with Crippen molar-refractivity contribution in [1.29, 1.82) is 0 Å². The minimum atomic E-state index is -0.304. The van der Waals surface area contributed by atoms with Gasteiger partial charge in [0.05, 0.1) is 6.61 Å². The molecule has 0 aliphatic carbocycles. The van der Waals surface area contributed by atoms with E-state index in [4.69, 9.17) is 4.74 Å². The number of benzene rings is 2. The lowest BCUT2D eigenvalue weighted by atomic mass is 10.2. The number of carbonyl (C=O) groups is 1. The molecule has 0 heterocycles. The number of rotatable bonds is 7. The summed E-state index contributed by atoms with van der Waals surface area (Å²) in [5, 5.41) is 5.55. The van der Waals surface area contributed by atoms with Gasteiger partial charge in [0.1, 0.15) is 11.6 Å². The van der Waals surface area contributed by atoms with Gasteiger partial charge in [-0.15, -0.1) is 0 Å². The molecule has 128 valence electrons. The van der Waals surface area contributed by atoms with Gasteiger partial charge in [0.15, 0.2) is 0 Å². The van der Waals surface area contributed by atoms with Crippen molar-refractivity contribution < 1.29 is 13.9 Å². The molecule has 0 aliphatic rings. The molecule has 2 amide bonds. The average molecular weight is 330 g/mol. The maximum Gasteiger partial charge on any atom is 0.319 e. The SMILES string of the molecule is CCCCOc1ccc(NC(=O)NCc2ccc(F)cc2)c(C)c1. The molecule has 0 aliphatic heterocycles. The second-order valence-electron chi connectivity index (χ2n) is 5.61. The fourth-order valence-electron chi connectivity index (χ4n) is 2.15. The maximum absolute atomic E-state index is 12.8. The first kappa shape index (κ1) is 17.8. The quantitative estimate of drug-likeness (QED) is 0.727. The molecule has 0 saturated heterocycles. The Morgan fingerprint density at radius 2 is 1.92 bits per heavy atom. The number of urea groups is 1. The highest BCUT2D eigenvalue weighted by molar-refractivity contribution is 5.90. The van der Waals surface area contributed by atoms with Crippen LogP contribution in [0.2, 0.25) is 0 Å². The average Bonchev–Trinajstić information content (AvgIpc) is 2.57. The fourth-order valence-corrected chi connectivity index (χ4v) is 2.15. The van der Waals surface area contributed by atoms with E-state index in [9.17, 15) is 9.18 Å². The van der Waals surface area contributed by atoms with Crippen molar-refractivity contribution in [3.8, 4) is 5.75 Å². The van der Waals surface area contributed by atoms with Crippen molar-refractivity contribution in [2.24, 2.45) is 0 Å². The van der Waals surface area contributed by atoms with Crippen LogP contribution in [-0.4, -0.2) is 12.6 Å². The van der Waals surface area contributed by atoms with Crippen LogP contribution in [0.3, 0.4) is 0 Å². The van der Waals surface area contributed by atoms with Crippen LogP contribution in [0.25, 0.3) is 0 Å². The van der Waals surface area contributed by atoms with Gasteiger partial charge < -0.3 is 15.4 Å². The molecule has 2 rings (SSSR count). The Morgan fingerprint density at radius 3 is 2.58 bits per heavy atom. The summed E-state index contributed by atoms with van der Waals surface area (Å²) in [6.07, 6.45) is 2.11. The number of halogens is 1. The van der Waals surface area contributed by atoms with Crippen LogP contribution < -0.4 is 15.4 Å². The molecule has 24 heavy (non-hydrogen) atoms. The zero-order chi connectivity index (χ0) is 17.4. The van der Waals surface area contributed by atoms with Crippen LogP contribution >= 0.6 is 0 Å². The molecule has 0 bridgehead atoms. The normalized spacial score (nSPS) is 10.3. The molecule has 2 aromatic rings. The lowest BCUT2D eigenvalue weighted by Gasteiger charge is -2.12. The number of carbonyl (C=O) groups excluding carboxylic acids is 1. The van der Waals surface area contributed by atoms with Crippen LogP contribution in [0.5, 0.6) is 5.75 Å². The van der Waals surface area contributed by atoms with Crippen molar-refractivity contribution in [2.45, 2.75) is 33.2 Å². The summed E-state index contributed by atoms with van der Waals surface area (Å²) in [7, 11) is 0. The van der Waals surface area contributed by atoms with E-state index in [1.54, 1.807) is 12.1 Å². The minimum Gasteiger partial charge on any atom is -0.494 e.